The number of para-hydroxylation sites is 1. The summed E-state index contributed by atoms with van der Waals surface area (Å²) in [5, 5.41) is 1.33. The van der Waals surface area contributed by atoms with Gasteiger partial charge < -0.3 is 9.64 Å². The normalized spacial score (nSPS) is 16.3. The van der Waals surface area contributed by atoms with E-state index < -0.39 is 21.2 Å². The highest BCUT2D eigenvalue weighted by Crippen LogP contribution is 2.27. The van der Waals surface area contributed by atoms with Crippen LogP contribution in [0.5, 0.6) is 5.75 Å². The van der Waals surface area contributed by atoms with Gasteiger partial charge in [0.1, 0.15) is 9.96 Å². The maximum Gasteiger partial charge on any atom is 0.415 e. The number of hydrogen-bond donors (Lipinski definition) is 0. The Bertz CT molecular complexity index is 749. The molecule has 2 aromatic rings. The van der Waals surface area contributed by atoms with Crippen LogP contribution in [0.25, 0.3) is 0 Å². The second-order valence-corrected chi connectivity index (χ2v) is 8.75. The van der Waals surface area contributed by atoms with E-state index in [1.54, 1.807) is 46.7 Å². The number of rotatable bonds is 3. The first-order valence-corrected chi connectivity index (χ1v) is 9.79. The van der Waals surface area contributed by atoms with Crippen LogP contribution in [0.1, 0.15) is 12.8 Å². The molecule has 0 aliphatic carbocycles. The van der Waals surface area contributed by atoms with E-state index >= 15 is 0 Å². The predicted octanol–water partition coefficient (Wildman–Crippen LogP) is 3.19. The zero-order chi connectivity index (χ0) is 16.3. The van der Waals surface area contributed by atoms with Crippen molar-refractivity contribution in [2.45, 2.75) is 22.3 Å². The summed E-state index contributed by atoms with van der Waals surface area (Å²) >= 11 is 1.24. The van der Waals surface area contributed by atoms with Crippen molar-refractivity contribution in [1.29, 1.82) is 0 Å². The molecule has 1 fully saturated rings. The van der Waals surface area contributed by atoms with Gasteiger partial charge in [-0.05, 0) is 36.4 Å². The molecule has 1 amide bonds. The Kier molecular flexibility index (Phi) is 4.68. The molecule has 1 aromatic heterocycles. The van der Waals surface area contributed by atoms with E-state index in [4.69, 9.17) is 4.74 Å². The lowest BCUT2D eigenvalue weighted by Crippen LogP contribution is -2.43. The van der Waals surface area contributed by atoms with Crippen LogP contribution in [0.4, 0.5) is 4.79 Å². The van der Waals surface area contributed by atoms with Crippen molar-refractivity contribution in [2.75, 3.05) is 13.1 Å². The van der Waals surface area contributed by atoms with E-state index in [9.17, 15) is 13.2 Å². The molecular weight excluding hydrogens is 334 g/mol. The van der Waals surface area contributed by atoms with E-state index in [0.717, 1.165) is 0 Å². The first-order chi connectivity index (χ1) is 11.1. The highest BCUT2D eigenvalue weighted by atomic mass is 32.2. The molecular formula is C16H17NO4S2. The molecule has 1 aliphatic rings. The fourth-order valence-electron chi connectivity index (χ4n) is 2.59. The van der Waals surface area contributed by atoms with Crippen LogP contribution in [-0.2, 0) is 9.84 Å². The van der Waals surface area contributed by atoms with Gasteiger partial charge in [0, 0.05) is 13.1 Å². The molecule has 1 aliphatic heterocycles. The molecule has 5 nitrogen and oxygen atoms in total. The molecule has 2 heterocycles. The lowest BCUT2D eigenvalue weighted by molar-refractivity contribution is 0.143. The fraction of sp³-hybridized carbons (Fsp3) is 0.312. The van der Waals surface area contributed by atoms with E-state index in [-0.39, 0.29) is 0 Å². The molecule has 0 atom stereocenters. The molecule has 122 valence electrons. The third-order valence-electron chi connectivity index (χ3n) is 3.86. The van der Waals surface area contributed by atoms with Gasteiger partial charge in [-0.25, -0.2) is 13.2 Å². The van der Waals surface area contributed by atoms with Gasteiger partial charge in [0.25, 0.3) is 0 Å². The van der Waals surface area contributed by atoms with Crippen LogP contribution in [-0.4, -0.2) is 37.8 Å². The minimum atomic E-state index is -3.29. The Morgan fingerprint density at radius 2 is 1.78 bits per heavy atom. The third-order valence-corrected chi connectivity index (χ3v) is 7.56. The molecule has 0 radical (unpaired) electrons. The highest BCUT2D eigenvalue weighted by Gasteiger charge is 2.33. The standard InChI is InChI=1S/C16H17NO4S2/c18-16(21-13-5-2-1-3-6-13)17-10-8-14(9-11-17)23(19,20)15-7-4-12-22-15/h1-7,12,14H,8-11H2. The zero-order valence-corrected chi connectivity index (χ0v) is 14.1. The van der Waals surface area contributed by atoms with Crippen LogP contribution in [0.2, 0.25) is 0 Å². The van der Waals surface area contributed by atoms with Crippen LogP contribution in [0.3, 0.4) is 0 Å². The van der Waals surface area contributed by atoms with Crippen LogP contribution in [0, 0.1) is 0 Å². The zero-order valence-electron chi connectivity index (χ0n) is 12.4. The van der Waals surface area contributed by atoms with Gasteiger partial charge in [0.05, 0.1) is 5.25 Å². The number of ether oxygens (including phenoxy) is 1. The first kappa shape index (κ1) is 16.0. The van der Waals surface area contributed by atoms with E-state index in [1.807, 2.05) is 6.07 Å². The second kappa shape index (κ2) is 6.72. The number of carbonyl (C=O) groups excluding carboxylic acids is 1. The Morgan fingerprint density at radius 3 is 2.39 bits per heavy atom. The number of sulfone groups is 1. The Labute approximate surface area is 139 Å². The monoisotopic (exact) mass is 351 g/mol. The van der Waals surface area contributed by atoms with Crippen LogP contribution >= 0.6 is 11.3 Å². The van der Waals surface area contributed by atoms with E-state index in [0.29, 0.717) is 35.9 Å². The van der Waals surface area contributed by atoms with E-state index in [1.165, 1.54) is 11.3 Å². The molecule has 1 saturated heterocycles. The largest absolute Gasteiger partial charge is 0.415 e. The van der Waals surface area contributed by atoms with Gasteiger partial charge in [-0.2, -0.15) is 0 Å². The number of benzene rings is 1. The summed E-state index contributed by atoms with van der Waals surface area (Å²) in [4.78, 5) is 13.7. The van der Waals surface area contributed by atoms with Crippen molar-refractivity contribution < 1.29 is 17.9 Å². The quantitative estimate of drug-likeness (QED) is 0.852. The van der Waals surface area contributed by atoms with Gasteiger partial charge in [-0.1, -0.05) is 24.3 Å². The van der Waals surface area contributed by atoms with Crippen molar-refractivity contribution in [1.82, 2.24) is 4.90 Å². The molecule has 7 heteroatoms. The summed E-state index contributed by atoms with van der Waals surface area (Å²) in [5.74, 6) is 0.492. The summed E-state index contributed by atoms with van der Waals surface area (Å²) in [7, 11) is -3.29. The van der Waals surface area contributed by atoms with Crippen molar-refractivity contribution in [3.05, 3.63) is 47.8 Å². The number of carbonyl (C=O) groups is 1. The maximum atomic E-state index is 12.5. The van der Waals surface area contributed by atoms with Crippen LogP contribution < -0.4 is 4.74 Å². The lowest BCUT2D eigenvalue weighted by atomic mass is 10.1. The van der Waals surface area contributed by atoms with Crippen molar-refractivity contribution in [3.63, 3.8) is 0 Å². The highest BCUT2D eigenvalue weighted by molar-refractivity contribution is 7.94. The maximum absolute atomic E-state index is 12.5. The molecule has 0 N–H and O–H groups in total. The topological polar surface area (TPSA) is 63.7 Å². The van der Waals surface area contributed by atoms with E-state index in [2.05, 4.69) is 0 Å². The minimum absolute atomic E-state index is 0.390. The molecule has 0 spiro atoms. The second-order valence-electron chi connectivity index (χ2n) is 5.34. The SMILES string of the molecule is O=C(Oc1ccccc1)N1CCC(S(=O)(=O)c2cccs2)CC1. The number of piperidine rings is 1. The van der Waals surface area contributed by atoms with Crippen molar-refractivity contribution in [3.8, 4) is 5.75 Å². The molecule has 0 saturated carbocycles. The first-order valence-electron chi connectivity index (χ1n) is 7.36. The number of likely N-dealkylation sites (tertiary alicyclic amines) is 1. The Hall–Kier alpha value is -1.86. The molecule has 3 rings (SSSR count). The number of thiophene rings is 1. The Morgan fingerprint density at radius 1 is 1.09 bits per heavy atom. The molecule has 23 heavy (non-hydrogen) atoms. The summed E-state index contributed by atoms with van der Waals surface area (Å²) in [6.07, 6.45) is 0.442. The number of hydrogen-bond acceptors (Lipinski definition) is 5. The van der Waals surface area contributed by atoms with Crippen molar-refractivity contribution in [2.24, 2.45) is 0 Å². The van der Waals surface area contributed by atoms with Gasteiger partial charge in [0.2, 0.25) is 0 Å². The smallest absolute Gasteiger partial charge is 0.410 e. The average molecular weight is 351 g/mol. The van der Waals surface area contributed by atoms with Gasteiger partial charge in [-0.15, -0.1) is 11.3 Å². The molecule has 0 bridgehead atoms. The summed E-state index contributed by atoms with van der Waals surface area (Å²) in [5.41, 5.74) is 0. The minimum Gasteiger partial charge on any atom is -0.410 e. The van der Waals surface area contributed by atoms with Crippen LogP contribution in [0.15, 0.2) is 52.1 Å². The Balaban J connectivity index is 1.59. The fourth-order valence-corrected chi connectivity index (χ4v) is 5.58. The number of amides is 1. The summed E-state index contributed by atoms with van der Waals surface area (Å²) in [6.45, 7) is 0.780. The third kappa shape index (κ3) is 3.56. The molecule has 1 aromatic carbocycles. The van der Waals surface area contributed by atoms with Gasteiger partial charge in [0.15, 0.2) is 9.84 Å². The lowest BCUT2D eigenvalue weighted by Gasteiger charge is -2.30. The average Bonchev–Trinajstić information content (AvgIpc) is 3.11. The number of nitrogens with zero attached hydrogens (tertiary/aromatic N) is 1. The summed E-state index contributed by atoms with van der Waals surface area (Å²) < 4.78 is 30.7. The molecule has 0 unspecified atom stereocenters. The predicted molar refractivity (Wildman–Crippen MR) is 88.6 cm³/mol. The van der Waals surface area contributed by atoms with Gasteiger partial charge >= 0.3 is 6.09 Å². The van der Waals surface area contributed by atoms with Crippen molar-refractivity contribution >= 4 is 27.3 Å². The van der Waals surface area contributed by atoms with Gasteiger partial charge in [-0.3, -0.25) is 0 Å². The summed E-state index contributed by atoms with van der Waals surface area (Å²) in [6, 6.07) is 12.2.